The number of carbonyl (C=O) groups excluding carboxylic acids is 4. The summed E-state index contributed by atoms with van der Waals surface area (Å²) in [6.07, 6.45) is -1.09. The van der Waals surface area contributed by atoms with Crippen LogP contribution in [-0.4, -0.2) is 81.5 Å². The molecule has 1 heterocycles. The number of amides is 4. The normalized spacial score (nSPS) is 20.6. The van der Waals surface area contributed by atoms with Crippen LogP contribution in [0.3, 0.4) is 0 Å². The van der Waals surface area contributed by atoms with Crippen molar-refractivity contribution in [2.75, 3.05) is 6.54 Å². The third kappa shape index (κ3) is 6.16. The van der Waals surface area contributed by atoms with E-state index < -0.39 is 66.3 Å². The molecule has 0 radical (unpaired) electrons. The molecule has 0 aliphatic carbocycles. The first kappa shape index (κ1) is 23.3. The van der Waals surface area contributed by atoms with Crippen LogP contribution < -0.4 is 22.1 Å². The van der Waals surface area contributed by atoms with Gasteiger partial charge in [0.05, 0.1) is 18.6 Å². The van der Waals surface area contributed by atoms with Crippen LogP contribution in [0.15, 0.2) is 0 Å². The van der Waals surface area contributed by atoms with E-state index in [-0.39, 0.29) is 0 Å². The van der Waals surface area contributed by atoms with Crippen LogP contribution in [0.25, 0.3) is 0 Å². The van der Waals surface area contributed by atoms with E-state index >= 15 is 0 Å². The topological polar surface area (TPSA) is 205 Å². The van der Waals surface area contributed by atoms with E-state index in [4.69, 9.17) is 16.6 Å². The van der Waals surface area contributed by atoms with Gasteiger partial charge in [-0.2, -0.15) is 0 Å². The average Bonchev–Trinajstić information content (AvgIpc) is 3.06. The first-order valence-electron chi connectivity index (χ1n) is 8.81. The fourth-order valence-electron chi connectivity index (χ4n) is 2.88. The monoisotopic (exact) mass is 401 g/mol. The molecule has 1 aliphatic heterocycles. The third-order valence-corrected chi connectivity index (χ3v) is 4.31. The van der Waals surface area contributed by atoms with Crippen LogP contribution in [0.2, 0.25) is 0 Å². The van der Waals surface area contributed by atoms with Gasteiger partial charge in [-0.15, -0.1) is 0 Å². The van der Waals surface area contributed by atoms with Crippen LogP contribution in [0, 0.1) is 0 Å². The maximum atomic E-state index is 12.6. The number of carboxylic acids is 1. The highest BCUT2D eigenvalue weighted by atomic mass is 16.4. The van der Waals surface area contributed by atoms with E-state index in [1.807, 2.05) is 0 Å². The number of likely N-dealkylation sites (tertiary alicyclic amines) is 1. The van der Waals surface area contributed by atoms with E-state index in [1.165, 1.54) is 18.7 Å². The molecule has 1 aliphatic rings. The fourth-order valence-corrected chi connectivity index (χ4v) is 2.88. The van der Waals surface area contributed by atoms with Crippen molar-refractivity contribution in [1.82, 2.24) is 15.5 Å². The third-order valence-electron chi connectivity index (χ3n) is 4.31. The summed E-state index contributed by atoms with van der Waals surface area (Å²) in [5, 5.41) is 23.3. The first-order valence-corrected chi connectivity index (χ1v) is 8.81. The van der Waals surface area contributed by atoms with Crippen molar-refractivity contribution in [2.45, 2.75) is 63.4 Å². The Morgan fingerprint density at radius 2 is 1.79 bits per heavy atom. The average molecular weight is 401 g/mol. The smallest absolute Gasteiger partial charge is 0.326 e. The summed E-state index contributed by atoms with van der Waals surface area (Å²) in [7, 11) is 0. The van der Waals surface area contributed by atoms with E-state index in [0.29, 0.717) is 19.4 Å². The molecular formula is C16H27N5O7. The number of carbonyl (C=O) groups is 5. The van der Waals surface area contributed by atoms with Gasteiger partial charge in [-0.1, -0.05) is 0 Å². The van der Waals surface area contributed by atoms with E-state index in [2.05, 4.69) is 10.6 Å². The second-order valence-electron chi connectivity index (χ2n) is 6.78. The van der Waals surface area contributed by atoms with Crippen molar-refractivity contribution < 1.29 is 34.2 Å². The molecule has 4 amide bonds. The Hall–Kier alpha value is -2.73. The van der Waals surface area contributed by atoms with Crippen molar-refractivity contribution in [2.24, 2.45) is 11.5 Å². The van der Waals surface area contributed by atoms with Gasteiger partial charge in [0, 0.05) is 6.54 Å². The Bertz CT molecular complexity index is 637. The minimum Gasteiger partial charge on any atom is -0.480 e. The summed E-state index contributed by atoms with van der Waals surface area (Å²) < 4.78 is 0. The van der Waals surface area contributed by atoms with Gasteiger partial charge in [0.1, 0.15) is 18.1 Å². The summed E-state index contributed by atoms with van der Waals surface area (Å²) in [6.45, 7) is 3.06. The molecular weight excluding hydrogens is 374 g/mol. The number of aliphatic hydroxyl groups is 1. The Morgan fingerprint density at radius 1 is 1.18 bits per heavy atom. The number of nitrogens with one attached hydrogen (secondary N) is 2. The standard InChI is InChI=1S/C16H27N5O7/c1-7(17)15(26)21-5-3-4-10(21)13(24)20-12(8(2)22)14(25)19-9(16(27)28)6-11(18)23/h7-10,12,22H,3-6,17H2,1-2H3,(H2,18,23)(H,19,25)(H,20,24)(H,27,28). The summed E-state index contributed by atoms with van der Waals surface area (Å²) in [6, 6.07) is -4.75. The lowest BCUT2D eigenvalue weighted by molar-refractivity contribution is -0.145. The highest BCUT2D eigenvalue weighted by Crippen LogP contribution is 2.18. The molecule has 12 heteroatoms. The molecule has 5 unspecified atom stereocenters. The second-order valence-corrected chi connectivity index (χ2v) is 6.78. The van der Waals surface area contributed by atoms with Gasteiger partial charge in [0.25, 0.3) is 0 Å². The molecule has 1 fully saturated rings. The second kappa shape index (κ2) is 9.99. The SMILES string of the molecule is CC(N)C(=O)N1CCCC1C(=O)NC(C(=O)NC(CC(N)=O)C(=O)O)C(C)O. The summed E-state index contributed by atoms with van der Waals surface area (Å²) in [4.78, 5) is 60.4. The Labute approximate surface area is 161 Å². The summed E-state index contributed by atoms with van der Waals surface area (Å²) in [5.74, 6) is -4.52. The van der Waals surface area contributed by atoms with Crippen molar-refractivity contribution in [3.05, 3.63) is 0 Å². The predicted molar refractivity (Wildman–Crippen MR) is 95.4 cm³/mol. The van der Waals surface area contributed by atoms with Crippen LogP contribution in [0.5, 0.6) is 0 Å². The van der Waals surface area contributed by atoms with Crippen LogP contribution in [-0.2, 0) is 24.0 Å². The number of primary amides is 1. The van der Waals surface area contributed by atoms with Gasteiger partial charge in [-0.05, 0) is 26.7 Å². The van der Waals surface area contributed by atoms with Gasteiger partial charge in [-0.3, -0.25) is 19.2 Å². The molecule has 0 spiro atoms. The lowest BCUT2D eigenvalue weighted by Crippen LogP contribution is -2.59. The lowest BCUT2D eigenvalue weighted by atomic mass is 10.1. The molecule has 0 aromatic rings. The van der Waals surface area contributed by atoms with E-state index in [0.717, 1.165) is 0 Å². The Balaban J connectivity index is 2.87. The van der Waals surface area contributed by atoms with E-state index in [1.54, 1.807) is 0 Å². The van der Waals surface area contributed by atoms with Gasteiger partial charge in [0.2, 0.25) is 23.6 Å². The van der Waals surface area contributed by atoms with Crippen LogP contribution in [0.1, 0.15) is 33.1 Å². The van der Waals surface area contributed by atoms with Crippen molar-refractivity contribution >= 4 is 29.6 Å². The molecule has 1 saturated heterocycles. The first-order chi connectivity index (χ1) is 13.0. The number of hydrogen-bond donors (Lipinski definition) is 6. The molecule has 0 bridgehead atoms. The van der Waals surface area contributed by atoms with Gasteiger partial charge in [0.15, 0.2) is 0 Å². The largest absolute Gasteiger partial charge is 0.480 e. The zero-order chi connectivity index (χ0) is 21.6. The highest BCUT2D eigenvalue weighted by molar-refractivity contribution is 5.95. The molecule has 28 heavy (non-hydrogen) atoms. The Kier molecular flexibility index (Phi) is 8.32. The molecule has 158 valence electrons. The van der Waals surface area contributed by atoms with Crippen molar-refractivity contribution in [3.8, 4) is 0 Å². The Morgan fingerprint density at radius 3 is 2.25 bits per heavy atom. The molecule has 0 aromatic heterocycles. The van der Waals surface area contributed by atoms with Crippen molar-refractivity contribution in [3.63, 3.8) is 0 Å². The number of aliphatic hydroxyl groups excluding tert-OH is 1. The van der Waals surface area contributed by atoms with Crippen LogP contribution >= 0.6 is 0 Å². The highest BCUT2D eigenvalue weighted by Gasteiger charge is 2.38. The number of aliphatic carboxylic acids is 1. The molecule has 0 saturated carbocycles. The van der Waals surface area contributed by atoms with Gasteiger partial charge >= 0.3 is 5.97 Å². The number of nitrogens with two attached hydrogens (primary N) is 2. The van der Waals surface area contributed by atoms with Crippen LogP contribution in [0.4, 0.5) is 0 Å². The fraction of sp³-hybridized carbons (Fsp3) is 0.688. The minimum atomic E-state index is -1.61. The van der Waals surface area contributed by atoms with Crippen molar-refractivity contribution in [1.29, 1.82) is 0 Å². The zero-order valence-electron chi connectivity index (χ0n) is 15.8. The molecule has 0 aromatic carbocycles. The molecule has 5 atom stereocenters. The molecule has 8 N–H and O–H groups in total. The predicted octanol–water partition coefficient (Wildman–Crippen LogP) is -3.36. The maximum Gasteiger partial charge on any atom is 0.326 e. The number of hydrogen-bond acceptors (Lipinski definition) is 7. The number of carboxylic acid groups (broad SMARTS) is 1. The maximum absolute atomic E-state index is 12.6. The quantitative estimate of drug-likeness (QED) is 0.229. The number of nitrogens with zero attached hydrogens (tertiary/aromatic N) is 1. The van der Waals surface area contributed by atoms with Gasteiger partial charge < -0.3 is 37.2 Å². The van der Waals surface area contributed by atoms with E-state index in [9.17, 15) is 29.1 Å². The zero-order valence-corrected chi connectivity index (χ0v) is 15.8. The molecule has 12 nitrogen and oxygen atoms in total. The summed E-state index contributed by atoms with van der Waals surface area (Å²) in [5.41, 5.74) is 10.5. The molecule has 1 rings (SSSR count). The minimum absolute atomic E-state index is 0.337. The lowest BCUT2D eigenvalue weighted by Gasteiger charge is -2.28. The van der Waals surface area contributed by atoms with Gasteiger partial charge in [-0.25, -0.2) is 4.79 Å². The number of rotatable bonds is 9. The summed E-state index contributed by atoms with van der Waals surface area (Å²) >= 11 is 0.